The molecule has 0 radical (unpaired) electrons. The molecular formula is C27H29N3O2. The molecule has 4 rings (SSSR count). The Bertz CT molecular complexity index is 1180. The van der Waals surface area contributed by atoms with E-state index in [4.69, 9.17) is 4.74 Å². The average Bonchev–Trinajstić information content (AvgIpc) is 3.17. The minimum absolute atomic E-state index is 0.318. The van der Waals surface area contributed by atoms with Crippen LogP contribution >= 0.6 is 0 Å². The second kappa shape index (κ2) is 9.27. The molecule has 4 aromatic rings. The van der Waals surface area contributed by atoms with Crippen molar-refractivity contribution in [1.29, 1.82) is 0 Å². The van der Waals surface area contributed by atoms with Crippen LogP contribution in [0, 0.1) is 0 Å². The quantitative estimate of drug-likeness (QED) is 0.405. The highest BCUT2D eigenvalue weighted by molar-refractivity contribution is 5.86. The normalized spacial score (nSPS) is 11.5. The van der Waals surface area contributed by atoms with Gasteiger partial charge in [-0.1, -0.05) is 48.5 Å². The maximum atomic E-state index is 13.0. The van der Waals surface area contributed by atoms with Gasteiger partial charge in [0.15, 0.2) is 0 Å². The van der Waals surface area contributed by atoms with Crippen LogP contribution in [0.4, 0.5) is 4.79 Å². The van der Waals surface area contributed by atoms with E-state index >= 15 is 0 Å². The third-order valence-corrected chi connectivity index (χ3v) is 5.26. The third kappa shape index (κ3) is 5.35. The van der Waals surface area contributed by atoms with Crippen molar-refractivity contribution < 1.29 is 9.53 Å². The van der Waals surface area contributed by atoms with Gasteiger partial charge in [0.2, 0.25) is 0 Å². The SMILES string of the molecule is CC(C)(C)OC(=O)N(Cc1ccccc1)Cc1cccc2c(Cc3ccncc3)c[nH]c12. The molecule has 2 aromatic carbocycles. The number of H-pyrrole nitrogens is 1. The molecule has 5 nitrogen and oxygen atoms in total. The Morgan fingerprint density at radius 3 is 2.38 bits per heavy atom. The summed E-state index contributed by atoms with van der Waals surface area (Å²) in [5.74, 6) is 0. The van der Waals surface area contributed by atoms with E-state index in [2.05, 4.69) is 34.4 Å². The molecule has 0 saturated heterocycles. The molecule has 0 fully saturated rings. The molecule has 32 heavy (non-hydrogen) atoms. The highest BCUT2D eigenvalue weighted by Gasteiger charge is 2.23. The predicted molar refractivity (Wildman–Crippen MR) is 127 cm³/mol. The highest BCUT2D eigenvalue weighted by Crippen LogP contribution is 2.26. The minimum atomic E-state index is -0.553. The zero-order chi connectivity index (χ0) is 22.6. The van der Waals surface area contributed by atoms with Gasteiger partial charge in [-0.25, -0.2) is 4.79 Å². The van der Waals surface area contributed by atoms with Crippen molar-refractivity contribution in [2.24, 2.45) is 0 Å². The summed E-state index contributed by atoms with van der Waals surface area (Å²) < 4.78 is 5.71. The summed E-state index contributed by atoms with van der Waals surface area (Å²) in [6.45, 7) is 6.61. The van der Waals surface area contributed by atoms with Gasteiger partial charge in [-0.3, -0.25) is 9.88 Å². The summed E-state index contributed by atoms with van der Waals surface area (Å²) in [6.07, 6.45) is 6.20. The third-order valence-electron chi connectivity index (χ3n) is 5.26. The molecule has 1 N–H and O–H groups in total. The number of rotatable bonds is 6. The van der Waals surface area contributed by atoms with Crippen molar-refractivity contribution in [2.45, 2.75) is 45.9 Å². The molecule has 2 heterocycles. The van der Waals surface area contributed by atoms with E-state index in [1.807, 2.05) is 75.6 Å². The van der Waals surface area contributed by atoms with E-state index in [-0.39, 0.29) is 6.09 Å². The number of fused-ring (bicyclic) bond motifs is 1. The predicted octanol–water partition coefficient (Wildman–Crippen LogP) is 6.09. The Labute approximate surface area is 189 Å². The Kier molecular flexibility index (Phi) is 6.26. The standard InChI is InChI=1S/C27H29N3O2/c1-27(2,3)32-26(31)30(18-21-8-5-4-6-9-21)19-22-10-7-11-24-23(17-29-25(22)24)16-20-12-14-28-15-13-20/h4-15,17,29H,16,18-19H2,1-3H3. The Hall–Kier alpha value is -3.60. The van der Waals surface area contributed by atoms with Crippen LogP contribution < -0.4 is 0 Å². The number of para-hydroxylation sites is 1. The number of aromatic nitrogens is 2. The van der Waals surface area contributed by atoms with E-state index in [9.17, 15) is 4.79 Å². The van der Waals surface area contributed by atoms with Crippen molar-refractivity contribution in [1.82, 2.24) is 14.9 Å². The summed E-state index contributed by atoms with van der Waals surface area (Å²) >= 11 is 0. The molecule has 0 aliphatic rings. The van der Waals surface area contributed by atoms with Crippen molar-refractivity contribution in [3.63, 3.8) is 0 Å². The lowest BCUT2D eigenvalue weighted by Crippen LogP contribution is -2.36. The number of carbonyl (C=O) groups is 1. The van der Waals surface area contributed by atoms with Crippen LogP contribution in [-0.4, -0.2) is 26.6 Å². The molecule has 0 atom stereocenters. The molecule has 5 heteroatoms. The number of amides is 1. The summed E-state index contributed by atoms with van der Waals surface area (Å²) in [6, 6.07) is 20.3. The number of ether oxygens (including phenoxy) is 1. The van der Waals surface area contributed by atoms with Gasteiger partial charge in [0.1, 0.15) is 5.60 Å². The number of aromatic amines is 1. The second-order valence-electron chi connectivity index (χ2n) is 9.01. The lowest BCUT2D eigenvalue weighted by atomic mass is 10.0. The Balaban J connectivity index is 1.62. The van der Waals surface area contributed by atoms with Gasteiger partial charge in [0, 0.05) is 30.5 Å². The number of pyridine rings is 1. The van der Waals surface area contributed by atoms with Crippen LogP contribution in [0.25, 0.3) is 10.9 Å². The number of nitrogens with zero attached hydrogens (tertiary/aromatic N) is 2. The average molecular weight is 428 g/mol. The molecule has 0 spiro atoms. The van der Waals surface area contributed by atoms with Crippen LogP contribution in [0.15, 0.2) is 79.3 Å². The minimum Gasteiger partial charge on any atom is -0.444 e. The van der Waals surface area contributed by atoms with E-state index in [1.54, 1.807) is 4.90 Å². The zero-order valence-electron chi connectivity index (χ0n) is 18.8. The number of hydrogen-bond donors (Lipinski definition) is 1. The molecule has 164 valence electrons. The lowest BCUT2D eigenvalue weighted by Gasteiger charge is -2.28. The maximum Gasteiger partial charge on any atom is 0.410 e. The molecule has 2 aromatic heterocycles. The fourth-order valence-electron chi connectivity index (χ4n) is 3.79. The summed E-state index contributed by atoms with van der Waals surface area (Å²) in [5.41, 5.74) is 5.06. The van der Waals surface area contributed by atoms with Gasteiger partial charge in [0.05, 0.1) is 12.1 Å². The number of carbonyl (C=O) groups excluding carboxylic acids is 1. The molecule has 0 saturated carbocycles. The number of hydrogen-bond acceptors (Lipinski definition) is 3. The first kappa shape index (κ1) is 21.6. The van der Waals surface area contributed by atoms with E-state index in [0.717, 1.165) is 23.1 Å². The monoisotopic (exact) mass is 427 g/mol. The largest absolute Gasteiger partial charge is 0.444 e. The van der Waals surface area contributed by atoms with Crippen LogP contribution in [0.3, 0.4) is 0 Å². The van der Waals surface area contributed by atoms with E-state index < -0.39 is 5.60 Å². The summed E-state index contributed by atoms with van der Waals surface area (Å²) in [4.78, 5) is 22.3. The van der Waals surface area contributed by atoms with E-state index in [1.165, 1.54) is 16.5 Å². The fraction of sp³-hybridized carbons (Fsp3) is 0.259. The maximum absolute atomic E-state index is 13.0. The Morgan fingerprint density at radius 1 is 0.906 bits per heavy atom. The van der Waals surface area contributed by atoms with Gasteiger partial charge < -0.3 is 9.72 Å². The molecular weight excluding hydrogens is 398 g/mol. The zero-order valence-corrected chi connectivity index (χ0v) is 18.8. The molecule has 1 amide bonds. The van der Waals surface area contributed by atoms with Crippen molar-refractivity contribution in [3.8, 4) is 0 Å². The van der Waals surface area contributed by atoms with Gasteiger partial charge in [0.25, 0.3) is 0 Å². The van der Waals surface area contributed by atoms with Crippen LogP contribution in [0.1, 0.15) is 43.0 Å². The highest BCUT2D eigenvalue weighted by atomic mass is 16.6. The van der Waals surface area contributed by atoms with Crippen LogP contribution in [-0.2, 0) is 24.2 Å². The van der Waals surface area contributed by atoms with Gasteiger partial charge in [-0.05, 0) is 61.6 Å². The first-order valence-corrected chi connectivity index (χ1v) is 10.9. The van der Waals surface area contributed by atoms with Crippen molar-refractivity contribution in [2.75, 3.05) is 0 Å². The van der Waals surface area contributed by atoms with Crippen LogP contribution in [0.2, 0.25) is 0 Å². The van der Waals surface area contributed by atoms with Crippen molar-refractivity contribution >= 4 is 17.0 Å². The number of benzene rings is 2. The molecule has 0 aliphatic carbocycles. The molecule has 0 unspecified atom stereocenters. The van der Waals surface area contributed by atoms with Crippen molar-refractivity contribution in [3.05, 3.63) is 102 Å². The first-order valence-electron chi connectivity index (χ1n) is 10.9. The second-order valence-corrected chi connectivity index (χ2v) is 9.01. The number of nitrogens with one attached hydrogen (secondary N) is 1. The Morgan fingerprint density at radius 2 is 1.66 bits per heavy atom. The fourth-order valence-corrected chi connectivity index (χ4v) is 3.79. The van der Waals surface area contributed by atoms with Gasteiger partial charge >= 0.3 is 6.09 Å². The van der Waals surface area contributed by atoms with E-state index in [0.29, 0.717) is 13.1 Å². The molecule has 0 aliphatic heterocycles. The topological polar surface area (TPSA) is 58.2 Å². The van der Waals surface area contributed by atoms with Gasteiger partial charge in [-0.15, -0.1) is 0 Å². The lowest BCUT2D eigenvalue weighted by molar-refractivity contribution is 0.0217. The summed E-state index contributed by atoms with van der Waals surface area (Å²) in [5, 5.41) is 1.17. The summed E-state index contributed by atoms with van der Waals surface area (Å²) in [7, 11) is 0. The smallest absolute Gasteiger partial charge is 0.410 e. The van der Waals surface area contributed by atoms with Gasteiger partial charge in [-0.2, -0.15) is 0 Å². The molecule has 0 bridgehead atoms. The van der Waals surface area contributed by atoms with Crippen LogP contribution in [0.5, 0.6) is 0 Å². The first-order chi connectivity index (χ1) is 15.4.